The Hall–Kier alpha value is -4.01. The fourth-order valence-electron chi connectivity index (χ4n) is 4.59. The first-order valence-corrected chi connectivity index (χ1v) is 12.4. The smallest absolute Gasteiger partial charge is 0.306 e. The molecule has 2 aromatic carbocycles. The van der Waals surface area contributed by atoms with E-state index in [1.165, 1.54) is 7.11 Å². The molecule has 0 fully saturated rings. The third-order valence-corrected chi connectivity index (χ3v) is 6.43. The predicted octanol–water partition coefficient (Wildman–Crippen LogP) is 3.47. The molecule has 0 aliphatic carbocycles. The zero-order valence-corrected chi connectivity index (χ0v) is 21.3. The van der Waals surface area contributed by atoms with Crippen molar-refractivity contribution in [1.82, 2.24) is 15.6 Å². The number of nitrogens with one attached hydrogen (secondary N) is 3. The van der Waals surface area contributed by atoms with Crippen molar-refractivity contribution >= 4 is 28.7 Å². The summed E-state index contributed by atoms with van der Waals surface area (Å²) >= 11 is 0. The minimum absolute atomic E-state index is 0.0462. The second kappa shape index (κ2) is 11.8. The lowest BCUT2D eigenvalue weighted by Gasteiger charge is -2.23. The lowest BCUT2D eigenvalue weighted by atomic mass is 9.92. The van der Waals surface area contributed by atoms with E-state index in [2.05, 4.69) is 15.6 Å². The van der Waals surface area contributed by atoms with Crippen LogP contribution in [0.4, 0.5) is 0 Å². The molecule has 0 spiro atoms. The van der Waals surface area contributed by atoms with Gasteiger partial charge in [0.25, 0.3) is 0 Å². The topological polar surface area (TPSA) is 119 Å². The second-order valence-electron chi connectivity index (χ2n) is 9.60. The van der Waals surface area contributed by atoms with E-state index in [1.54, 1.807) is 0 Å². The molecule has 0 saturated carbocycles. The van der Waals surface area contributed by atoms with Crippen molar-refractivity contribution in [2.75, 3.05) is 13.9 Å². The molecule has 2 atom stereocenters. The van der Waals surface area contributed by atoms with Gasteiger partial charge in [-0.05, 0) is 30.0 Å². The van der Waals surface area contributed by atoms with Crippen LogP contribution in [0.1, 0.15) is 37.8 Å². The number of aromatic nitrogens is 1. The quantitative estimate of drug-likeness (QED) is 0.342. The van der Waals surface area contributed by atoms with Crippen molar-refractivity contribution in [1.29, 1.82) is 0 Å². The number of ether oxygens (including phenoxy) is 3. The first kappa shape index (κ1) is 26.1. The van der Waals surface area contributed by atoms with E-state index in [9.17, 15) is 14.4 Å². The van der Waals surface area contributed by atoms with E-state index in [-0.39, 0.29) is 43.9 Å². The molecule has 0 saturated heterocycles. The summed E-state index contributed by atoms with van der Waals surface area (Å²) in [7, 11) is 1.30. The zero-order valence-electron chi connectivity index (χ0n) is 21.3. The Bertz CT molecular complexity index is 1270. The third kappa shape index (κ3) is 6.41. The largest absolute Gasteiger partial charge is 0.469 e. The third-order valence-electron chi connectivity index (χ3n) is 6.43. The molecule has 1 aliphatic rings. The first-order chi connectivity index (χ1) is 17.9. The summed E-state index contributed by atoms with van der Waals surface area (Å²) in [4.78, 5) is 42.0. The van der Waals surface area contributed by atoms with Crippen molar-refractivity contribution in [2.24, 2.45) is 11.8 Å². The molecule has 4 rings (SSSR count). The number of amides is 2. The number of para-hydroxylation sites is 2. The average Bonchev–Trinajstić information content (AvgIpc) is 3.53. The highest BCUT2D eigenvalue weighted by Gasteiger charge is 2.29. The van der Waals surface area contributed by atoms with E-state index < -0.39 is 17.9 Å². The number of aromatic amines is 1. The number of carbonyl (C=O) groups is 3. The van der Waals surface area contributed by atoms with Crippen molar-refractivity contribution in [3.8, 4) is 11.5 Å². The van der Waals surface area contributed by atoms with E-state index in [0.29, 0.717) is 17.9 Å². The number of esters is 1. The maximum absolute atomic E-state index is 13.4. The number of hydrogen-bond acceptors (Lipinski definition) is 6. The minimum atomic E-state index is -0.854. The fraction of sp³-hybridized carbons (Fsp3) is 0.393. The van der Waals surface area contributed by atoms with Gasteiger partial charge in [0.1, 0.15) is 6.04 Å². The van der Waals surface area contributed by atoms with Crippen LogP contribution in [0.15, 0.2) is 48.7 Å². The van der Waals surface area contributed by atoms with Gasteiger partial charge in [-0.25, -0.2) is 0 Å². The van der Waals surface area contributed by atoms with Crippen LogP contribution in [0.2, 0.25) is 0 Å². The number of hydrogen-bond donors (Lipinski definition) is 3. The van der Waals surface area contributed by atoms with Gasteiger partial charge >= 0.3 is 5.97 Å². The predicted molar refractivity (Wildman–Crippen MR) is 138 cm³/mol. The molecule has 9 heteroatoms. The van der Waals surface area contributed by atoms with Crippen molar-refractivity contribution in [3.63, 3.8) is 0 Å². The molecule has 9 nitrogen and oxygen atoms in total. The van der Waals surface area contributed by atoms with E-state index in [1.807, 2.05) is 62.5 Å². The molecular formula is C28H33N3O6. The summed E-state index contributed by atoms with van der Waals surface area (Å²) in [5.41, 5.74) is 2.63. The Morgan fingerprint density at radius 3 is 2.62 bits per heavy atom. The highest BCUT2D eigenvalue weighted by atomic mass is 16.7. The van der Waals surface area contributed by atoms with Crippen molar-refractivity contribution in [2.45, 2.75) is 45.7 Å². The molecule has 2 amide bonds. The molecule has 196 valence electrons. The van der Waals surface area contributed by atoms with Gasteiger partial charge in [-0.3, -0.25) is 14.4 Å². The molecule has 0 unspecified atom stereocenters. The van der Waals surface area contributed by atoms with Crippen molar-refractivity contribution in [3.05, 3.63) is 59.8 Å². The van der Waals surface area contributed by atoms with Gasteiger partial charge in [0.05, 0.1) is 13.5 Å². The van der Waals surface area contributed by atoms with Crippen LogP contribution in [-0.2, 0) is 32.1 Å². The summed E-state index contributed by atoms with van der Waals surface area (Å²) < 4.78 is 15.8. The summed E-state index contributed by atoms with van der Waals surface area (Å²) in [6.07, 6.45) is 2.58. The van der Waals surface area contributed by atoms with Crippen LogP contribution >= 0.6 is 0 Å². The Morgan fingerprint density at radius 1 is 1.03 bits per heavy atom. The number of rotatable bonds is 11. The molecule has 2 heterocycles. The first-order valence-electron chi connectivity index (χ1n) is 12.4. The summed E-state index contributed by atoms with van der Waals surface area (Å²) in [6, 6.07) is 12.4. The molecule has 3 N–H and O–H groups in total. The van der Waals surface area contributed by atoms with Crippen LogP contribution < -0.4 is 20.1 Å². The number of fused-ring (bicyclic) bond motifs is 2. The molecule has 1 aromatic heterocycles. The maximum atomic E-state index is 13.4. The molecule has 3 aromatic rings. The SMILES string of the molecule is COC(=O)C[C@@H](CC(C)C)C(=O)N[C@@H](Cc1c[nH]c2ccccc12)C(=O)NCc1cccc2c1OCO2. The lowest BCUT2D eigenvalue weighted by Crippen LogP contribution is -2.49. The van der Waals surface area contributed by atoms with Crippen LogP contribution in [0.25, 0.3) is 10.9 Å². The Labute approximate surface area is 215 Å². The van der Waals surface area contributed by atoms with Gasteiger partial charge in [0.2, 0.25) is 18.6 Å². The van der Waals surface area contributed by atoms with Crippen LogP contribution in [0.5, 0.6) is 11.5 Å². The molecule has 0 bridgehead atoms. The van der Waals surface area contributed by atoms with Crippen LogP contribution in [0, 0.1) is 11.8 Å². The zero-order chi connectivity index (χ0) is 26.4. The maximum Gasteiger partial charge on any atom is 0.306 e. The highest BCUT2D eigenvalue weighted by Crippen LogP contribution is 2.35. The number of benzene rings is 2. The van der Waals surface area contributed by atoms with Gasteiger partial charge in [-0.1, -0.05) is 44.2 Å². The van der Waals surface area contributed by atoms with Crippen LogP contribution in [0.3, 0.4) is 0 Å². The fourth-order valence-corrected chi connectivity index (χ4v) is 4.59. The van der Waals surface area contributed by atoms with Gasteiger partial charge in [-0.15, -0.1) is 0 Å². The Morgan fingerprint density at radius 2 is 1.84 bits per heavy atom. The average molecular weight is 508 g/mol. The van der Waals surface area contributed by atoms with Gasteiger partial charge < -0.3 is 29.8 Å². The number of carbonyl (C=O) groups excluding carboxylic acids is 3. The minimum Gasteiger partial charge on any atom is -0.469 e. The standard InChI is InChI=1S/C28H33N3O6/c1-17(2)11-19(13-25(32)35-3)27(33)31-23(12-20-15-29-22-9-5-4-8-21(20)22)28(34)30-14-18-7-6-10-24-26(18)37-16-36-24/h4-10,15,17,19,23,29H,11-14,16H2,1-3H3,(H,30,34)(H,31,33)/t19-,23+/m1/s1. The van der Waals surface area contributed by atoms with Gasteiger partial charge in [0, 0.05) is 41.5 Å². The monoisotopic (exact) mass is 507 g/mol. The molecular weight excluding hydrogens is 474 g/mol. The second-order valence-corrected chi connectivity index (χ2v) is 9.60. The normalized spacial score (nSPS) is 13.8. The van der Waals surface area contributed by atoms with Crippen LogP contribution in [-0.4, -0.2) is 42.7 Å². The molecule has 1 aliphatic heterocycles. The summed E-state index contributed by atoms with van der Waals surface area (Å²) in [5.74, 6) is -0.325. The number of methoxy groups -OCH3 is 1. The lowest BCUT2D eigenvalue weighted by molar-refractivity contribution is -0.144. The van der Waals surface area contributed by atoms with E-state index >= 15 is 0 Å². The Balaban J connectivity index is 1.54. The van der Waals surface area contributed by atoms with E-state index in [4.69, 9.17) is 14.2 Å². The highest BCUT2D eigenvalue weighted by molar-refractivity contribution is 5.91. The summed E-state index contributed by atoms with van der Waals surface area (Å²) in [6.45, 7) is 4.32. The van der Waals surface area contributed by atoms with Gasteiger partial charge in [-0.2, -0.15) is 0 Å². The Kier molecular flexibility index (Phi) is 8.32. The van der Waals surface area contributed by atoms with E-state index in [0.717, 1.165) is 22.0 Å². The molecule has 37 heavy (non-hydrogen) atoms. The van der Waals surface area contributed by atoms with Gasteiger partial charge in [0.15, 0.2) is 11.5 Å². The summed E-state index contributed by atoms with van der Waals surface area (Å²) in [5, 5.41) is 6.83. The number of H-pyrrole nitrogens is 1. The molecule has 0 radical (unpaired) electrons. The van der Waals surface area contributed by atoms with Crippen molar-refractivity contribution < 1.29 is 28.6 Å².